The number of nitrogens with zero attached hydrogens (tertiary/aromatic N) is 3. The second-order valence-electron chi connectivity index (χ2n) is 4.74. The van der Waals surface area contributed by atoms with Crippen LogP contribution in [0.5, 0.6) is 0 Å². The van der Waals surface area contributed by atoms with Gasteiger partial charge in [-0.2, -0.15) is 5.10 Å². The molecule has 2 rings (SSSR count). The van der Waals surface area contributed by atoms with E-state index in [0.717, 1.165) is 31.6 Å². The SMILES string of the molecule is CCN1CCOC(C(=O)CCc2cnn(C)c2)C1. The highest BCUT2D eigenvalue weighted by Crippen LogP contribution is 2.10. The molecule has 0 N–H and O–H groups in total. The average molecular weight is 251 g/mol. The zero-order chi connectivity index (χ0) is 13.0. The number of ketones is 1. The number of aromatic nitrogens is 2. The van der Waals surface area contributed by atoms with Crippen LogP contribution in [0.3, 0.4) is 0 Å². The lowest BCUT2D eigenvalue weighted by atomic mass is 10.1. The molecule has 1 aromatic heterocycles. The van der Waals surface area contributed by atoms with E-state index >= 15 is 0 Å². The van der Waals surface area contributed by atoms with Gasteiger partial charge in [-0.05, 0) is 18.5 Å². The molecule has 0 radical (unpaired) electrons. The Morgan fingerprint density at radius 2 is 2.44 bits per heavy atom. The van der Waals surface area contributed by atoms with Crippen LogP contribution in [0.4, 0.5) is 0 Å². The fraction of sp³-hybridized carbons (Fsp3) is 0.692. The van der Waals surface area contributed by atoms with Crippen LogP contribution in [-0.2, 0) is 23.0 Å². The molecule has 0 aromatic carbocycles. The average Bonchev–Trinajstić information content (AvgIpc) is 2.82. The van der Waals surface area contributed by atoms with Gasteiger partial charge in [0.05, 0.1) is 12.8 Å². The molecule has 18 heavy (non-hydrogen) atoms. The third-order valence-corrected chi connectivity index (χ3v) is 3.38. The highest BCUT2D eigenvalue weighted by atomic mass is 16.5. The molecule has 0 amide bonds. The first-order chi connectivity index (χ1) is 8.69. The molecular weight excluding hydrogens is 230 g/mol. The Morgan fingerprint density at radius 1 is 1.61 bits per heavy atom. The van der Waals surface area contributed by atoms with E-state index in [1.54, 1.807) is 4.68 Å². The van der Waals surface area contributed by atoms with E-state index in [2.05, 4.69) is 16.9 Å². The Balaban J connectivity index is 1.80. The van der Waals surface area contributed by atoms with Crippen LogP contribution in [0.1, 0.15) is 18.9 Å². The number of aryl methyl sites for hydroxylation is 2. The van der Waals surface area contributed by atoms with E-state index in [1.165, 1.54) is 0 Å². The number of likely N-dealkylation sites (N-methyl/N-ethyl adjacent to an activating group) is 1. The lowest BCUT2D eigenvalue weighted by Crippen LogP contribution is -2.45. The largest absolute Gasteiger partial charge is 0.368 e. The van der Waals surface area contributed by atoms with Gasteiger partial charge < -0.3 is 4.74 Å². The van der Waals surface area contributed by atoms with Crippen molar-refractivity contribution >= 4 is 5.78 Å². The summed E-state index contributed by atoms with van der Waals surface area (Å²) in [5.74, 6) is 0.206. The van der Waals surface area contributed by atoms with Crippen molar-refractivity contribution in [1.82, 2.24) is 14.7 Å². The minimum Gasteiger partial charge on any atom is -0.368 e. The van der Waals surface area contributed by atoms with Gasteiger partial charge in [-0.15, -0.1) is 0 Å². The molecule has 1 fully saturated rings. The number of morpholine rings is 1. The van der Waals surface area contributed by atoms with Crippen LogP contribution in [-0.4, -0.2) is 52.8 Å². The van der Waals surface area contributed by atoms with Crippen LogP contribution < -0.4 is 0 Å². The first-order valence-electron chi connectivity index (χ1n) is 6.53. The summed E-state index contributed by atoms with van der Waals surface area (Å²) in [6, 6.07) is 0. The monoisotopic (exact) mass is 251 g/mol. The van der Waals surface area contributed by atoms with Gasteiger partial charge in [-0.3, -0.25) is 14.4 Å². The van der Waals surface area contributed by atoms with Crippen molar-refractivity contribution in [1.29, 1.82) is 0 Å². The molecule has 1 aromatic rings. The summed E-state index contributed by atoms with van der Waals surface area (Å²) in [6.07, 6.45) is 4.81. The van der Waals surface area contributed by atoms with Crippen molar-refractivity contribution in [2.45, 2.75) is 25.9 Å². The normalized spacial score (nSPS) is 21.1. The van der Waals surface area contributed by atoms with Crippen LogP contribution in [0.25, 0.3) is 0 Å². The number of carbonyl (C=O) groups is 1. The van der Waals surface area contributed by atoms with E-state index in [9.17, 15) is 4.79 Å². The predicted molar refractivity (Wildman–Crippen MR) is 68.4 cm³/mol. The van der Waals surface area contributed by atoms with E-state index in [1.807, 2.05) is 19.4 Å². The van der Waals surface area contributed by atoms with Gasteiger partial charge in [0, 0.05) is 32.8 Å². The zero-order valence-corrected chi connectivity index (χ0v) is 11.1. The summed E-state index contributed by atoms with van der Waals surface area (Å²) >= 11 is 0. The summed E-state index contributed by atoms with van der Waals surface area (Å²) in [6.45, 7) is 5.43. The Bertz CT molecular complexity index is 403. The van der Waals surface area contributed by atoms with Gasteiger partial charge in [0.25, 0.3) is 0 Å². The van der Waals surface area contributed by atoms with Crippen LogP contribution in [0.15, 0.2) is 12.4 Å². The number of Topliss-reactive ketones (excluding diaryl/α,β-unsaturated/α-hetero) is 1. The van der Waals surface area contributed by atoms with E-state index < -0.39 is 0 Å². The lowest BCUT2D eigenvalue weighted by molar-refractivity contribution is -0.136. The molecule has 2 heterocycles. The molecule has 0 bridgehead atoms. The summed E-state index contributed by atoms with van der Waals surface area (Å²) in [4.78, 5) is 14.3. The lowest BCUT2D eigenvalue weighted by Gasteiger charge is -2.31. The van der Waals surface area contributed by atoms with Crippen LogP contribution in [0, 0.1) is 0 Å². The fourth-order valence-electron chi connectivity index (χ4n) is 2.21. The molecule has 0 saturated carbocycles. The van der Waals surface area contributed by atoms with Crippen LogP contribution in [0.2, 0.25) is 0 Å². The first kappa shape index (κ1) is 13.2. The van der Waals surface area contributed by atoms with Crippen LogP contribution >= 0.6 is 0 Å². The first-order valence-corrected chi connectivity index (χ1v) is 6.53. The third-order valence-electron chi connectivity index (χ3n) is 3.38. The maximum Gasteiger partial charge on any atom is 0.163 e. The minimum atomic E-state index is -0.240. The second-order valence-corrected chi connectivity index (χ2v) is 4.74. The van der Waals surface area contributed by atoms with Crippen molar-refractivity contribution in [3.63, 3.8) is 0 Å². The van der Waals surface area contributed by atoms with Crippen molar-refractivity contribution in [3.05, 3.63) is 18.0 Å². The molecule has 1 aliphatic rings. The topological polar surface area (TPSA) is 47.4 Å². The number of hydrogen-bond donors (Lipinski definition) is 0. The number of rotatable bonds is 5. The standard InChI is InChI=1S/C13H21N3O2/c1-3-16-6-7-18-13(10-16)12(17)5-4-11-8-14-15(2)9-11/h8-9,13H,3-7,10H2,1-2H3. The number of ether oxygens (including phenoxy) is 1. The van der Waals surface area contributed by atoms with Gasteiger partial charge in [-0.25, -0.2) is 0 Å². The Kier molecular flexibility index (Phi) is 4.49. The van der Waals surface area contributed by atoms with Gasteiger partial charge in [0.1, 0.15) is 6.10 Å². The molecule has 5 nitrogen and oxygen atoms in total. The predicted octanol–water partition coefficient (Wildman–Crippen LogP) is 0.642. The third kappa shape index (κ3) is 3.40. The minimum absolute atomic E-state index is 0.206. The Morgan fingerprint density at radius 3 is 3.11 bits per heavy atom. The maximum absolute atomic E-state index is 12.1. The number of hydrogen-bond acceptors (Lipinski definition) is 4. The molecule has 1 saturated heterocycles. The summed E-state index contributed by atoms with van der Waals surface area (Å²) in [5, 5.41) is 4.10. The van der Waals surface area contributed by atoms with Crippen molar-refractivity contribution in [2.75, 3.05) is 26.2 Å². The van der Waals surface area contributed by atoms with E-state index in [-0.39, 0.29) is 11.9 Å². The quantitative estimate of drug-likeness (QED) is 0.770. The molecule has 1 unspecified atom stereocenters. The molecule has 5 heteroatoms. The smallest absolute Gasteiger partial charge is 0.163 e. The van der Waals surface area contributed by atoms with Gasteiger partial charge in [0.15, 0.2) is 5.78 Å². The van der Waals surface area contributed by atoms with Crippen molar-refractivity contribution in [2.24, 2.45) is 7.05 Å². The fourth-order valence-corrected chi connectivity index (χ4v) is 2.21. The van der Waals surface area contributed by atoms with Crippen molar-refractivity contribution < 1.29 is 9.53 Å². The molecule has 0 spiro atoms. The Hall–Kier alpha value is -1.20. The van der Waals surface area contributed by atoms with Gasteiger partial charge in [-0.1, -0.05) is 6.92 Å². The molecule has 1 atom stereocenters. The van der Waals surface area contributed by atoms with Gasteiger partial charge >= 0.3 is 0 Å². The second kappa shape index (κ2) is 6.11. The highest BCUT2D eigenvalue weighted by Gasteiger charge is 2.25. The molecular formula is C13H21N3O2. The zero-order valence-electron chi connectivity index (χ0n) is 11.1. The summed E-state index contributed by atoms with van der Waals surface area (Å²) < 4.78 is 7.31. The number of carbonyl (C=O) groups excluding carboxylic acids is 1. The van der Waals surface area contributed by atoms with Crippen molar-refractivity contribution in [3.8, 4) is 0 Å². The molecule has 100 valence electrons. The summed E-state index contributed by atoms with van der Waals surface area (Å²) in [5.41, 5.74) is 1.11. The molecule has 0 aliphatic carbocycles. The van der Waals surface area contributed by atoms with E-state index in [4.69, 9.17) is 4.74 Å². The van der Waals surface area contributed by atoms with Gasteiger partial charge in [0.2, 0.25) is 0 Å². The highest BCUT2D eigenvalue weighted by molar-refractivity contribution is 5.83. The molecule has 1 aliphatic heterocycles. The summed E-state index contributed by atoms with van der Waals surface area (Å²) in [7, 11) is 1.88. The Labute approximate surface area is 108 Å². The maximum atomic E-state index is 12.1. The van der Waals surface area contributed by atoms with E-state index in [0.29, 0.717) is 13.0 Å².